The molecule has 2 aromatic rings. The Bertz CT molecular complexity index is 795. The van der Waals surface area contributed by atoms with Gasteiger partial charge in [-0.15, -0.1) is 0 Å². The van der Waals surface area contributed by atoms with Gasteiger partial charge in [-0.2, -0.15) is 11.8 Å². The van der Waals surface area contributed by atoms with Crippen molar-refractivity contribution in [1.82, 2.24) is 5.32 Å². The zero-order valence-corrected chi connectivity index (χ0v) is 15.9. The number of rotatable bonds is 7. The van der Waals surface area contributed by atoms with E-state index in [-0.39, 0.29) is 17.6 Å². The van der Waals surface area contributed by atoms with Crippen LogP contribution in [0.15, 0.2) is 48.5 Å². The molecular weight excluding hydrogens is 363 g/mol. The van der Waals surface area contributed by atoms with E-state index in [0.717, 1.165) is 25.1 Å². The average Bonchev–Trinajstić information content (AvgIpc) is 2.69. The van der Waals surface area contributed by atoms with Gasteiger partial charge in [0.15, 0.2) is 0 Å². The Labute approximate surface area is 163 Å². The summed E-state index contributed by atoms with van der Waals surface area (Å²) in [5, 5.41) is 2.87. The molecule has 0 bridgehead atoms. The van der Waals surface area contributed by atoms with Crippen LogP contribution >= 0.6 is 11.8 Å². The Balaban J connectivity index is 1.43. The second kappa shape index (κ2) is 9.55. The van der Waals surface area contributed by atoms with Crippen molar-refractivity contribution in [3.05, 3.63) is 65.5 Å². The molecule has 0 spiro atoms. The molecule has 1 saturated heterocycles. The monoisotopic (exact) mass is 386 g/mol. The second-order valence-corrected chi connectivity index (χ2v) is 7.55. The van der Waals surface area contributed by atoms with Crippen LogP contribution in [0.5, 0.6) is 0 Å². The van der Waals surface area contributed by atoms with Crippen molar-refractivity contribution in [1.29, 1.82) is 0 Å². The van der Waals surface area contributed by atoms with Gasteiger partial charge in [0.05, 0.1) is 0 Å². The lowest BCUT2D eigenvalue weighted by Crippen LogP contribution is -2.35. The van der Waals surface area contributed by atoms with E-state index in [4.69, 9.17) is 0 Å². The standard InChI is InChI=1S/C21H23FN2O2S/c22-19-6-2-1-5-17(19)15-27-14-12-23-21(26)16-8-10-18(11-9-16)24-13-4-3-7-20(24)25/h1-2,5-6,8-11H,3-4,7,12-15H2,(H,23,26). The lowest BCUT2D eigenvalue weighted by molar-refractivity contribution is -0.119. The number of nitrogens with one attached hydrogen (secondary N) is 1. The van der Waals surface area contributed by atoms with E-state index in [9.17, 15) is 14.0 Å². The number of nitrogens with zero attached hydrogens (tertiary/aromatic N) is 1. The van der Waals surface area contributed by atoms with Gasteiger partial charge in [0.25, 0.3) is 5.91 Å². The summed E-state index contributed by atoms with van der Waals surface area (Å²) in [6.07, 6.45) is 2.55. The molecule has 0 unspecified atom stereocenters. The van der Waals surface area contributed by atoms with Gasteiger partial charge in [-0.05, 0) is 48.7 Å². The van der Waals surface area contributed by atoms with E-state index in [2.05, 4.69) is 5.32 Å². The van der Waals surface area contributed by atoms with Crippen molar-refractivity contribution < 1.29 is 14.0 Å². The molecule has 1 heterocycles. The van der Waals surface area contributed by atoms with Gasteiger partial charge in [-0.25, -0.2) is 4.39 Å². The quantitative estimate of drug-likeness (QED) is 0.732. The fourth-order valence-corrected chi connectivity index (χ4v) is 3.85. The Hall–Kier alpha value is -2.34. The average molecular weight is 386 g/mol. The first-order valence-electron chi connectivity index (χ1n) is 9.15. The Morgan fingerprint density at radius 1 is 1.11 bits per heavy atom. The molecule has 0 saturated carbocycles. The maximum Gasteiger partial charge on any atom is 0.251 e. The maximum absolute atomic E-state index is 13.5. The van der Waals surface area contributed by atoms with Crippen LogP contribution < -0.4 is 10.2 Å². The number of halogens is 1. The van der Waals surface area contributed by atoms with E-state index in [0.29, 0.717) is 35.6 Å². The van der Waals surface area contributed by atoms with Gasteiger partial charge in [0, 0.05) is 42.3 Å². The van der Waals surface area contributed by atoms with Crippen LogP contribution in [0.4, 0.5) is 10.1 Å². The SMILES string of the molecule is O=C(NCCSCc1ccccc1F)c1ccc(N2CCCCC2=O)cc1. The minimum atomic E-state index is -0.193. The first-order valence-corrected chi connectivity index (χ1v) is 10.3. The van der Waals surface area contributed by atoms with E-state index >= 15 is 0 Å². The van der Waals surface area contributed by atoms with Crippen molar-refractivity contribution in [2.45, 2.75) is 25.0 Å². The van der Waals surface area contributed by atoms with Crippen LogP contribution in [-0.2, 0) is 10.5 Å². The second-order valence-electron chi connectivity index (χ2n) is 6.45. The van der Waals surface area contributed by atoms with Crippen LogP contribution in [0.3, 0.4) is 0 Å². The molecule has 1 fully saturated rings. The molecule has 0 atom stereocenters. The summed E-state index contributed by atoms with van der Waals surface area (Å²) in [5.74, 6) is 1.10. The molecule has 27 heavy (non-hydrogen) atoms. The summed E-state index contributed by atoms with van der Waals surface area (Å²) >= 11 is 1.58. The minimum Gasteiger partial charge on any atom is -0.351 e. The van der Waals surface area contributed by atoms with Crippen LogP contribution in [0, 0.1) is 5.82 Å². The van der Waals surface area contributed by atoms with Gasteiger partial charge in [-0.3, -0.25) is 9.59 Å². The predicted molar refractivity (Wildman–Crippen MR) is 108 cm³/mol. The highest BCUT2D eigenvalue weighted by Crippen LogP contribution is 2.21. The highest BCUT2D eigenvalue weighted by atomic mass is 32.2. The Morgan fingerprint density at radius 2 is 1.89 bits per heavy atom. The first-order chi connectivity index (χ1) is 13.1. The zero-order chi connectivity index (χ0) is 19.1. The number of hydrogen-bond acceptors (Lipinski definition) is 3. The van der Waals surface area contributed by atoms with Crippen LogP contribution in [0.25, 0.3) is 0 Å². The van der Waals surface area contributed by atoms with Gasteiger partial charge in [0.2, 0.25) is 5.91 Å². The van der Waals surface area contributed by atoms with Crippen molar-refractivity contribution in [2.75, 3.05) is 23.7 Å². The van der Waals surface area contributed by atoms with Crippen LogP contribution in [-0.4, -0.2) is 30.7 Å². The van der Waals surface area contributed by atoms with Crippen molar-refractivity contribution in [3.8, 4) is 0 Å². The molecule has 6 heteroatoms. The van der Waals surface area contributed by atoms with Gasteiger partial charge in [-0.1, -0.05) is 18.2 Å². The highest BCUT2D eigenvalue weighted by Gasteiger charge is 2.19. The summed E-state index contributed by atoms with van der Waals surface area (Å²) in [6, 6.07) is 13.9. The third-order valence-corrected chi connectivity index (χ3v) is 5.52. The third-order valence-electron chi connectivity index (χ3n) is 4.51. The molecule has 142 valence electrons. The zero-order valence-electron chi connectivity index (χ0n) is 15.1. The molecule has 4 nitrogen and oxygen atoms in total. The van der Waals surface area contributed by atoms with E-state index in [1.807, 2.05) is 18.2 Å². The summed E-state index contributed by atoms with van der Waals surface area (Å²) in [4.78, 5) is 26.0. The molecule has 2 aromatic carbocycles. The van der Waals surface area contributed by atoms with Crippen molar-refractivity contribution >= 4 is 29.3 Å². The maximum atomic E-state index is 13.5. The normalized spacial score (nSPS) is 14.3. The number of thioether (sulfide) groups is 1. The largest absolute Gasteiger partial charge is 0.351 e. The van der Waals surface area contributed by atoms with E-state index in [1.54, 1.807) is 40.9 Å². The summed E-state index contributed by atoms with van der Waals surface area (Å²) in [6.45, 7) is 1.26. The molecule has 0 aliphatic carbocycles. The number of carbonyl (C=O) groups is 2. The number of benzene rings is 2. The molecular formula is C21H23FN2O2S. The van der Waals surface area contributed by atoms with Crippen molar-refractivity contribution in [3.63, 3.8) is 0 Å². The number of amides is 2. The first kappa shape index (κ1) is 19.4. The molecule has 1 aliphatic rings. The van der Waals surface area contributed by atoms with E-state index in [1.165, 1.54) is 6.07 Å². The molecule has 1 aliphatic heterocycles. The van der Waals surface area contributed by atoms with Crippen LogP contribution in [0.1, 0.15) is 35.2 Å². The molecule has 0 radical (unpaired) electrons. The number of piperidine rings is 1. The van der Waals surface area contributed by atoms with E-state index < -0.39 is 0 Å². The fraction of sp³-hybridized carbons (Fsp3) is 0.333. The summed E-state index contributed by atoms with van der Waals surface area (Å²) in [5.41, 5.74) is 2.09. The predicted octanol–water partition coefficient (Wildman–Crippen LogP) is 4.01. The third kappa shape index (κ3) is 5.32. The van der Waals surface area contributed by atoms with Gasteiger partial charge >= 0.3 is 0 Å². The Kier molecular flexibility index (Phi) is 6.87. The van der Waals surface area contributed by atoms with Gasteiger partial charge in [0.1, 0.15) is 5.82 Å². The van der Waals surface area contributed by atoms with Crippen LogP contribution in [0.2, 0.25) is 0 Å². The summed E-state index contributed by atoms with van der Waals surface area (Å²) < 4.78 is 13.5. The van der Waals surface area contributed by atoms with Gasteiger partial charge < -0.3 is 10.2 Å². The smallest absolute Gasteiger partial charge is 0.251 e. The fourth-order valence-electron chi connectivity index (χ4n) is 3.01. The number of anilines is 1. The lowest BCUT2D eigenvalue weighted by Gasteiger charge is -2.26. The molecule has 2 amide bonds. The lowest BCUT2D eigenvalue weighted by atomic mass is 10.1. The number of hydrogen-bond donors (Lipinski definition) is 1. The van der Waals surface area contributed by atoms with Crippen molar-refractivity contribution in [2.24, 2.45) is 0 Å². The highest BCUT2D eigenvalue weighted by molar-refractivity contribution is 7.98. The minimum absolute atomic E-state index is 0.141. The molecule has 0 aromatic heterocycles. The molecule has 1 N–H and O–H groups in total. The molecule has 3 rings (SSSR count). The topological polar surface area (TPSA) is 49.4 Å². The number of carbonyl (C=O) groups excluding carboxylic acids is 2. The summed E-state index contributed by atoms with van der Waals surface area (Å²) in [7, 11) is 0. The Morgan fingerprint density at radius 3 is 2.63 bits per heavy atom.